The second kappa shape index (κ2) is 8.55. The van der Waals surface area contributed by atoms with Crippen LogP contribution in [0, 0.1) is 5.92 Å². The van der Waals surface area contributed by atoms with Gasteiger partial charge in [0.1, 0.15) is 12.4 Å². The van der Waals surface area contributed by atoms with Crippen LogP contribution in [0.15, 0.2) is 53.4 Å². The zero-order chi connectivity index (χ0) is 20.3. The number of fused-ring (bicyclic) bond motifs is 1. The first-order valence-corrected chi connectivity index (χ1v) is 11.6. The fraction of sp³-hybridized carbons (Fsp3) is 0.409. The van der Waals surface area contributed by atoms with Crippen LogP contribution in [0.1, 0.15) is 30.4 Å². The number of sulfonamides is 1. The molecule has 154 valence electrons. The van der Waals surface area contributed by atoms with Crippen molar-refractivity contribution in [3.8, 4) is 5.75 Å². The van der Waals surface area contributed by atoms with Crippen LogP contribution in [0.25, 0.3) is 0 Å². The molecule has 7 heteroatoms. The Hall–Kier alpha value is -2.38. The van der Waals surface area contributed by atoms with Crippen LogP contribution < -0.4 is 9.46 Å². The minimum atomic E-state index is -3.60. The fourth-order valence-corrected chi connectivity index (χ4v) is 4.81. The average molecular weight is 415 g/mol. The van der Waals surface area contributed by atoms with Crippen LogP contribution in [0.2, 0.25) is 0 Å². The van der Waals surface area contributed by atoms with Gasteiger partial charge in [-0.2, -0.15) is 0 Å². The van der Waals surface area contributed by atoms with E-state index < -0.39 is 10.0 Å². The lowest BCUT2D eigenvalue weighted by Gasteiger charge is -2.35. The number of nitrogens with one attached hydrogen (secondary N) is 1. The Morgan fingerprint density at radius 1 is 1.10 bits per heavy atom. The predicted molar refractivity (Wildman–Crippen MR) is 110 cm³/mol. The molecule has 4 rings (SSSR count). The van der Waals surface area contributed by atoms with Crippen molar-refractivity contribution in [2.45, 2.75) is 37.1 Å². The molecule has 0 aromatic heterocycles. The van der Waals surface area contributed by atoms with Crippen molar-refractivity contribution < 1.29 is 17.9 Å². The van der Waals surface area contributed by atoms with E-state index in [1.807, 2.05) is 41.3 Å². The highest BCUT2D eigenvalue weighted by Crippen LogP contribution is 2.30. The Labute approximate surface area is 171 Å². The van der Waals surface area contributed by atoms with Gasteiger partial charge in [0.15, 0.2) is 0 Å². The maximum atomic E-state index is 12.6. The van der Waals surface area contributed by atoms with E-state index in [2.05, 4.69) is 4.72 Å². The summed E-state index contributed by atoms with van der Waals surface area (Å²) in [4.78, 5) is 14.6. The van der Waals surface area contributed by atoms with Gasteiger partial charge in [0.2, 0.25) is 15.9 Å². The van der Waals surface area contributed by atoms with Gasteiger partial charge in [-0.05, 0) is 54.7 Å². The number of carbonyl (C=O) groups excluding carboxylic acids is 1. The number of rotatable bonds is 7. The largest absolute Gasteiger partial charge is 0.492 e. The third-order valence-electron chi connectivity index (χ3n) is 5.67. The molecular weight excluding hydrogens is 388 g/mol. The fourth-order valence-electron chi connectivity index (χ4n) is 3.74. The van der Waals surface area contributed by atoms with Gasteiger partial charge in [0.05, 0.1) is 4.90 Å². The van der Waals surface area contributed by atoms with Crippen LogP contribution in [0.4, 0.5) is 0 Å². The van der Waals surface area contributed by atoms with E-state index in [-0.39, 0.29) is 29.9 Å². The Morgan fingerprint density at radius 3 is 2.62 bits per heavy atom. The average Bonchev–Trinajstić information content (AvgIpc) is 2.70. The number of carbonyl (C=O) groups is 1. The second-order valence-corrected chi connectivity index (χ2v) is 9.39. The Morgan fingerprint density at radius 2 is 1.90 bits per heavy atom. The highest BCUT2D eigenvalue weighted by Gasteiger charge is 2.31. The SMILES string of the molecule is O=C(C1CCC1)N1CCc2cc(S(=O)(=O)NCCOc3ccccc3)ccc2C1. The summed E-state index contributed by atoms with van der Waals surface area (Å²) in [6.07, 6.45) is 3.83. The van der Waals surface area contributed by atoms with E-state index in [0.717, 1.165) is 30.4 Å². The number of ether oxygens (including phenoxy) is 1. The smallest absolute Gasteiger partial charge is 0.240 e. The number of nitrogens with zero attached hydrogens (tertiary/aromatic N) is 1. The standard InChI is InChI=1S/C22H26N2O4S/c25-22(17-5-4-6-17)24-13-11-18-15-21(10-9-19(18)16-24)29(26,27)23-12-14-28-20-7-2-1-3-8-20/h1-3,7-10,15,17,23H,4-6,11-14,16H2. The summed E-state index contributed by atoms with van der Waals surface area (Å²) in [7, 11) is -3.60. The lowest BCUT2D eigenvalue weighted by molar-refractivity contribution is -0.139. The van der Waals surface area contributed by atoms with Crippen molar-refractivity contribution in [2.24, 2.45) is 5.92 Å². The second-order valence-electron chi connectivity index (χ2n) is 7.63. The van der Waals surface area contributed by atoms with E-state index >= 15 is 0 Å². The minimum Gasteiger partial charge on any atom is -0.492 e. The van der Waals surface area contributed by atoms with E-state index in [9.17, 15) is 13.2 Å². The van der Waals surface area contributed by atoms with Crippen molar-refractivity contribution in [3.05, 3.63) is 59.7 Å². The van der Waals surface area contributed by atoms with Crippen molar-refractivity contribution >= 4 is 15.9 Å². The molecule has 1 aliphatic carbocycles. The van der Waals surface area contributed by atoms with E-state index in [0.29, 0.717) is 25.3 Å². The zero-order valence-corrected chi connectivity index (χ0v) is 17.2. The third kappa shape index (κ3) is 4.62. The molecule has 0 bridgehead atoms. The number of para-hydroxylation sites is 1. The van der Waals surface area contributed by atoms with Crippen molar-refractivity contribution in [1.29, 1.82) is 0 Å². The molecule has 0 spiro atoms. The van der Waals surface area contributed by atoms with Crippen LogP contribution in [0.3, 0.4) is 0 Å². The minimum absolute atomic E-state index is 0.192. The molecule has 0 saturated heterocycles. The summed E-state index contributed by atoms with van der Waals surface area (Å²) in [5.74, 6) is 1.15. The monoisotopic (exact) mass is 414 g/mol. The number of hydrogen-bond donors (Lipinski definition) is 1. The first kappa shape index (κ1) is 19.9. The van der Waals surface area contributed by atoms with E-state index in [1.165, 1.54) is 0 Å². The molecule has 0 unspecified atom stereocenters. The predicted octanol–water partition coefficient (Wildman–Crippen LogP) is 2.73. The summed E-state index contributed by atoms with van der Waals surface area (Å²) in [5, 5.41) is 0. The van der Waals surface area contributed by atoms with Gasteiger partial charge in [-0.15, -0.1) is 0 Å². The van der Waals surface area contributed by atoms with Gasteiger partial charge in [0, 0.05) is 25.6 Å². The summed E-state index contributed by atoms with van der Waals surface area (Å²) in [5.41, 5.74) is 2.04. The van der Waals surface area contributed by atoms with Gasteiger partial charge in [-0.1, -0.05) is 30.7 Å². The van der Waals surface area contributed by atoms with Crippen LogP contribution in [0.5, 0.6) is 5.75 Å². The molecule has 29 heavy (non-hydrogen) atoms. The van der Waals surface area contributed by atoms with Crippen molar-refractivity contribution in [1.82, 2.24) is 9.62 Å². The quantitative estimate of drug-likeness (QED) is 0.707. The Bertz CT molecular complexity index is 972. The van der Waals surface area contributed by atoms with Gasteiger partial charge < -0.3 is 9.64 Å². The molecule has 6 nitrogen and oxygen atoms in total. The van der Waals surface area contributed by atoms with Gasteiger partial charge in [-0.3, -0.25) is 4.79 Å². The van der Waals surface area contributed by atoms with Crippen LogP contribution >= 0.6 is 0 Å². The molecule has 1 saturated carbocycles. The van der Waals surface area contributed by atoms with Crippen molar-refractivity contribution in [2.75, 3.05) is 19.7 Å². The molecule has 2 aromatic rings. The maximum Gasteiger partial charge on any atom is 0.240 e. The lowest BCUT2D eigenvalue weighted by atomic mass is 9.84. The Balaban J connectivity index is 1.34. The molecule has 0 atom stereocenters. The third-order valence-corrected chi connectivity index (χ3v) is 7.13. The molecule has 1 N–H and O–H groups in total. The van der Waals surface area contributed by atoms with Crippen LogP contribution in [-0.4, -0.2) is 38.9 Å². The number of amides is 1. The summed E-state index contributed by atoms with van der Waals surface area (Å²) < 4.78 is 33.3. The summed E-state index contributed by atoms with van der Waals surface area (Å²) >= 11 is 0. The highest BCUT2D eigenvalue weighted by molar-refractivity contribution is 7.89. The number of hydrogen-bond acceptors (Lipinski definition) is 4. The number of benzene rings is 2. The van der Waals surface area contributed by atoms with Gasteiger partial charge in [0.25, 0.3) is 0 Å². The molecule has 1 aliphatic heterocycles. The zero-order valence-electron chi connectivity index (χ0n) is 16.3. The first-order valence-electron chi connectivity index (χ1n) is 10.1. The molecule has 1 amide bonds. The summed E-state index contributed by atoms with van der Waals surface area (Å²) in [6, 6.07) is 14.5. The van der Waals surface area contributed by atoms with E-state index in [4.69, 9.17) is 4.74 Å². The van der Waals surface area contributed by atoms with E-state index in [1.54, 1.807) is 12.1 Å². The first-order chi connectivity index (χ1) is 14.0. The topological polar surface area (TPSA) is 75.7 Å². The molecule has 1 fully saturated rings. The normalized spacial score (nSPS) is 16.8. The molecule has 2 aliphatic rings. The lowest BCUT2D eigenvalue weighted by Crippen LogP contribution is -2.41. The summed E-state index contributed by atoms with van der Waals surface area (Å²) in [6.45, 7) is 1.68. The van der Waals surface area contributed by atoms with Crippen molar-refractivity contribution in [3.63, 3.8) is 0 Å². The molecule has 2 aromatic carbocycles. The highest BCUT2D eigenvalue weighted by atomic mass is 32.2. The molecule has 1 heterocycles. The molecule has 0 radical (unpaired) electrons. The maximum absolute atomic E-state index is 12.6. The van der Waals surface area contributed by atoms with Gasteiger partial charge in [-0.25, -0.2) is 13.1 Å². The Kier molecular flexibility index (Phi) is 5.87. The molecular formula is C22H26N2O4S. The van der Waals surface area contributed by atoms with Gasteiger partial charge >= 0.3 is 0 Å². The van der Waals surface area contributed by atoms with Crippen LogP contribution in [-0.2, 0) is 27.8 Å².